The number of aromatic nitrogens is 4. The van der Waals surface area contributed by atoms with Gasteiger partial charge < -0.3 is 30.2 Å². The summed E-state index contributed by atoms with van der Waals surface area (Å²) in [6.45, 7) is 4.08. The molecule has 0 aliphatic carbocycles. The van der Waals surface area contributed by atoms with E-state index in [0.717, 1.165) is 0 Å². The van der Waals surface area contributed by atoms with Gasteiger partial charge in [0.25, 0.3) is 8.18 Å². The van der Waals surface area contributed by atoms with Crippen LogP contribution in [0, 0.1) is 0 Å². The lowest BCUT2D eigenvalue weighted by Gasteiger charge is -2.24. The number of nitrogens with zero attached hydrogens (tertiary/aromatic N) is 4. The van der Waals surface area contributed by atoms with Gasteiger partial charge in [-0.15, -0.1) is 0 Å². The fourth-order valence-corrected chi connectivity index (χ4v) is 4.20. The van der Waals surface area contributed by atoms with E-state index in [0.29, 0.717) is 11.3 Å². The number of alkyl halides is 1. The predicted octanol–water partition coefficient (Wildman–Crippen LogP) is 0.384. The Morgan fingerprint density at radius 3 is 2.91 bits per heavy atom. The number of ether oxygens (including phenoxy) is 2. The first kappa shape index (κ1) is 24.3. The Hall–Kier alpha value is -2.38. The monoisotopic (exact) mass is 475 g/mol. The van der Waals surface area contributed by atoms with E-state index in [1.54, 1.807) is 14.0 Å². The van der Waals surface area contributed by atoms with E-state index >= 15 is 4.39 Å². The number of nitrogen functional groups attached to an aromatic ring is 1. The molecule has 0 aromatic carbocycles. The van der Waals surface area contributed by atoms with Gasteiger partial charge in [-0.25, -0.2) is 14.5 Å². The number of anilines is 2. The number of rotatable bonds is 9. The van der Waals surface area contributed by atoms with Gasteiger partial charge in [0.05, 0.1) is 19.5 Å². The average Bonchev–Trinajstić information content (AvgIpc) is 3.24. The molecule has 1 aliphatic rings. The minimum atomic E-state index is -2.90. The number of carbonyl (C=O) groups is 1. The first-order valence-corrected chi connectivity index (χ1v) is 11.2. The fraction of sp³-hybridized carbons (Fsp3) is 0.647. The molecule has 15 heteroatoms. The number of hydrogen-bond donors (Lipinski definition) is 4. The highest BCUT2D eigenvalue weighted by atomic mass is 31.1. The molecule has 0 radical (unpaired) electrons. The zero-order chi connectivity index (χ0) is 23.6. The Morgan fingerprint density at radius 2 is 2.25 bits per heavy atom. The summed E-state index contributed by atoms with van der Waals surface area (Å²) < 4.78 is 44.7. The number of esters is 1. The number of hydrogen-bond acceptors (Lipinski definition) is 11. The van der Waals surface area contributed by atoms with Crippen molar-refractivity contribution < 1.29 is 32.9 Å². The second-order valence-electron chi connectivity index (χ2n) is 7.34. The van der Waals surface area contributed by atoms with Crippen molar-refractivity contribution in [2.75, 3.05) is 31.3 Å². The van der Waals surface area contributed by atoms with E-state index < -0.39 is 44.3 Å². The first-order valence-electron chi connectivity index (χ1n) is 9.90. The zero-order valence-electron chi connectivity index (χ0n) is 18.0. The minimum absolute atomic E-state index is 0.0528. The first-order chi connectivity index (χ1) is 15.1. The maximum Gasteiger partial charge on any atom is 0.323 e. The normalized spacial score (nSPS) is 27.4. The van der Waals surface area contributed by atoms with Crippen molar-refractivity contribution in [3.8, 4) is 0 Å². The third kappa shape index (κ3) is 4.69. The highest BCUT2D eigenvalue weighted by Gasteiger charge is 2.55. The average molecular weight is 475 g/mol. The number of fused-ring (bicyclic) bond motifs is 1. The lowest BCUT2D eigenvalue weighted by Crippen LogP contribution is -2.40. The molecule has 0 amide bonds. The molecule has 1 saturated heterocycles. The maximum absolute atomic E-state index is 15.5. The summed E-state index contributed by atoms with van der Waals surface area (Å²) in [5.74, 6) is -0.286. The molecule has 32 heavy (non-hydrogen) atoms. The van der Waals surface area contributed by atoms with Crippen LogP contribution in [0.3, 0.4) is 0 Å². The summed E-state index contributed by atoms with van der Waals surface area (Å²) in [7, 11) is -1.27. The quantitative estimate of drug-likeness (QED) is 0.290. The van der Waals surface area contributed by atoms with Crippen molar-refractivity contribution in [3.63, 3.8) is 0 Å². The molecule has 1 aliphatic heterocycles. The van der Waals surface area contributed by atoms with Crippen LogP contribution in [-0.4, -0.2) is 74.8 Å². The second kappa shape index (κ2) is 9.63. The molecule has 2 aromatic rings. The van der Waals surface area contributed by atoms with Gasteiger partial charge in [0.15, 0.2) is 28.9 Å². The summed E-state index contributed by atoms with van der Waals surface area (Å²) >= 11 is 0. The van der Waals surface area contributed by atoms with Crippen LogP contribution in [0.25, 0.3) is 11.2 Å². The number of nitrogens with one attached hydrogen (secondary N) is 2. The number of halogens is 1. The summed E-state index contributed by atoms with van der Waals surface area (Å²) in [5.41, 5.74) is 4.03. The summed E-state index contributed by atoms with van der Waals surface area (Å²) in [5, 5.41) is 15.8. The van der Waals surface area contributed by atoms with E-state index in [1.165, 1.54) is 24.7 Å². The highest BCUT2D eigenvalue weighted by Crippen LogP contribution is 2.43. The van der Waals surface area contributed by atoms with Crippen LogP contribution in [0.1, 0.15) is 27.0 Å². The van der Waals surface area contributed by atoms with Gasteiger partial charge >= 0.3 is 5.97 Å². The Kier molecular flexibility index (Phi) is 7.30. The van der Waals surface area contributed by atoms with Gasteiger partial charge in [-0.3, -0.25) is 13.9 Å². The van der Waals surface area contributed by atoms with Crippen molar-refractivity contribution in [2.45, 2.75) is 50.9 Å². The number of aliphatic hydroxyl groups is 1. The van der Waals surface area contributed by atoms with Crippen LogP contribution in [0.5, 0.6) is 0 Å². The molecule has 0 spiro atoms. The van der Waals surface area contributed by atoms with Gasteiger partial charge in [0.2, 0.25) is 5.95 Å². The Morgan fingerprint density at radius 1 is 1.53 bits per heavy atom. The summed E-state index contributed by atoms with van der Waals surface area (Å²) in [4.78, 5) is 23.9. The minimum Gasteiger partial charge on any atom is -0.465 e. The third-order valence-corrected chi connectivity index (χ3v) is 6.10. The molecule has 1 unspecified atom stereocenters. The molecule has 0 bridgehead atoms. The largest absolute Gasteiger partial charge is 0.465 e. The topological polar surface area (TPSA) is 176 Å². The number of nitrogens with two attached hydrogens (primary N) is 1. The molecule has 0 saturated carbocycles. The van der Waals surface area contributed by atoms with Crippen molar-refractivity contribution in [3.05, 3.63) is 6.33 Å². The van der Waals surface area contributed by atoms with Crippen molar-refractivity contribution >= 4 is 37.1 Å². The lowest BCUT2D eigenvalue weighted by atomic mass is 9.98. The molecular formula is C17H27FN7O6P. The number of imidazole rings is 1. The van der Waals surface area contributed by atoms with E-state index in [4.69, 9.17) is 19.7 Å². The van der Waals surface area contributed by atoms with Crippen LogP contribution >= 0.6 is 8.18 Å². The standard InChI is InChI=1S/C17H27FN7O6P/c1-5-29-14(27)8(2)24-32(28)30-6-9-11(26)17(3,18)15(31-9)25-7-21-10-12(20-4)22-16(19)23-13(10)25/h7-9,11,15,26,32H,5-6H2,1-4H3,(H,24,28)(H3,19,20,22,23)/t8-,9+,11+,15+,17+/m0/s1. The van der Waals surface area contributed by atoms with Gasteiger partial charge in [-0.2, -0.15) is 9.97 Å². The SMILES string of the molecule is CCOC(=O)[C@H](C)N[PH](=O)OC[C@H]1O[C@@H](n2cnc3c(NC)nc(N)nc32)[C@](C)(F)[C@@H]1O. The van der Waals surface area contributed by atoms with E-state index in [2.05, 4.69) is 25.4 Å². The Balaban J connectivity index is 1.73. The molecule has 178 valence electrons. The number of aliphatic hydroxyl groups excluding tert-OH is 1. The molecule has 3 heterocycles. The zero-order valence-corrected chi connectivity index (χ0v) is 19.0. The molecule has 3 rings (SSSR count). The van der Waals surface area contributed by atoms with E-state index in [9.17, 15) is 14.5 Å². The molecule has 5 N–H and O–H groups in total. The van der Waals surface area contributed by atoms with Crippen molar-refractivity contribution in [1.29, 1.82) is 0 Å². The Labute approximate surface area is 183 Å². The Bertz CT molecular complexity index is 1010. The summed E-state index contributed by atoms with van der Waals surface area (Å²) in [6, 6.07) is -0.862. The third-order valence-electron chi connectivity index (χ3n) is 5.00. The van der Waals surface area contributed by atoms with Crippen molar-refractivity contribution in [2.24, 2.45) is 0 Å². The smallest absolute Gasteiger partial charge is 0.323 e. The molecular weight excluding hydrogens is 448 g/mol. The van der Waals surface area contributed by atoms with Crippen LogP contribution in [0.15, 0.2) is 6.33 Å². The van der Waals surface area contributed by atoms with Gasteiger partial charge in [0.1, 0.15) is 18.2 Å². The van der Waals surface area contributed by atoms with Crippen LogP contribution in [-0.2, 0) is 23.4 Å². The molecule has 2 aromatic heterocycles. The highest BCUT2D eigenvalue weighted by molar-refractivity contribution is 7.36. The fourth-order valence-electron chi connectivity index (χ4n) is 3.33. The number of carbonyl (C=O) groups excluding carboxylic acids is 1. The van der Waals surface area contributed by atoms with Crippen LogP contribution in [0.4, 0.5) is 16.2 Å². The van der Waals surface area contributed by atoms with Crippen molar-refractivity contribution in [1.82, 2.24) is 24.6 Å². The van der Waals surface area contributed by atoms with Gasteiger partial charge in [0, 0.05) is 7.05 Å². The van der Waals surface area contributed by atoms with Gasteiger partial charge in [-0.05, 0) is 20.8 Å². The van der Waals surface area contributed by atoms with E-state index in [-0.39, 0.29) is 24.8 Å². The second-order valence-corrected chi connectivity index (χ2v) is 8.50. The van der Waals surface area contributed by atoms with Crippen LogP contribution in [0.2, 0.25) is 0 Å². The maximum atomic E-state index is 15.5. The molecule has 6 atom stereocenters. The molecule has 1 fully saturated rings. The van der Waals surface area contributed by atoms with E-state index in [1.807, 2.05) is 0 Å². The lowest BCUT2D eigenvalue weighted by molar-refractivity contribution is -0.144. The predicted molar refractivity (Wildman–Crippen MR) is 113 cm³/mol. The molecule has 13 nitrogen and oxygen atoms in total. The van der Waals surface area contributed by atoms with Crippen LogP contribution < -0.4 is 16.1 Å². The van der Waals surface area contributed by atoms with Gasteiger partial charge in [-0.1, -0.05) is 0 Å². The summed E-state index contributed by atoms with van der Waals surface area (Å²) in [6.07, 6.45) is -2.76.